The number of rotatable bonds is 7. The van der Waals surface area contributed by atoms with E-state index in [1.165, 1.54) is 12.1 Å². The largest absolute Gasteiger partial charge is 0.493 e. The molecule has 0 aliphatic rings. The first-order valence-corrected chi connectivity index (χ1v) is 5.32. The first-order chi connectivity index (χ1) is 7.77. The van der Waals surface area contributed by atoms with Gasteiger partial charge in [0, 0.05) is 32.2 Å². The minimum atomic E-state index is -0.241. The van der Waals surface area contributed by atoms with Crippen LogP contribution in [0.3, 0.4) is 0 Å². The van der Waals surface area contributed by atoms with Gasteiger partial charge in [-0.05, 0) is 25.2 Å². The lowest BCUT2D eigenvalue weighted by atomic mass is 10.2. The molecule has 0 unspecified atom stereocenters. The van der Waals surface area contributed by atoms with E-state index >= 15 is 0 Å². The molecule has 1 aromatic carbocycles. The number of nitrogens with one attached hydrogen (secondary N) is 1. The lowest BCUT2D eigenvalue weighted by Gasteiger charge is -2.11. The fourth-order valence-electron chi connectivity index (χ4n) is 1.40. The van der Waals surface area contributed by atoms with E-state index < -0.39 is 0 Å². The summed E-state index contributed by atoms with van der Waals surface area (Å²) in [5.74, 6) is 0.487. The summed E-state index contributed by atoms with van der Waals surface area (Å²) in [5, 5.41) is 2.98. The molecule has 0 atom stereocenters. The zero-order chi connectivity index (χ0) is 11.8. The number of halogens is 1. The van der Waals surface area contributed by atoms with Gasteiger partial charge < -0.3 is 14.8 Å². The van der Waals surface area contributed by atoms with Crippen LogP contribution in [0.4, 0.5) is 4.39 Å². The fraction of sp³-hybridized carbons (Fsp3) is 0.500. The molecule has 0 aliphatic carbocycles. The summed E-state index contributed by atoms with van der Waals surface area (Å²) < 4.78 is 23.5. The number of benzene rings is 1. The molecule has 1 N–H and O–H groups in total. The maximum Gasteiger partial charge on any atom is 0.123 e. The second kappa shape index (κ2) is 7.19. The van der Waals surface area contributed by atoms with Crippen molar-refractivity contribution in [2.24, 2.45) is 0 Å². The van der Waals surface area contributed by atoms with Gasteiger partial charge in [-0.1, -0.05) is 0 Å². The van der Waals surface area contributed by atoms with Gasteiger partial charge in [-0.3, -0.25) is 0 Å². The van der Waals surface area contributed by atoms with Gasteiger partial charge in [-0.25, -0.2) is 4.39 Å². The number of methoxy groups -OCH3 is 1. The molecule has 0 saturated heterocycles. The van der Waals surface area contributed by atoms with Crippen LogP contribution in [0, 0.1) is 5.82 Å². The highest BCUT2D eigenvalue weighted by atomic mass is 19.1. The van der Waals surface area contributed by atoms with Crippen LogP contribution in [0.1, 0.15) is 12.0 Å². The molecule has 4 heteroatoms. The lowest BCUT2D eigenvalue weighted by molar-refractivity contribution is 0.171. The third-order valence-electron chi connectivity index (χ3n) is 2.14. The summed E-state index contributed by atoms with van der Waals surface area (Å²) in [4.78, 5) is 0. The maximum absolute atomic E-state index is 13.0. The van der Waals surface area contributed by atoms with Crippen LogP contribution < -0.4 is 10.1 Å². The van der Waals surface area contributed by atoms with Crippen LogP contribution in [-0.4, -0.2) is 27.4 Å². The van der Waals surface area contributed by atoms with Gasteiger partial charge in [0.05, 0.1) is 6.61 Å². The molecule has 0 radical (unpaired) electrons. The van der Waals surface area contributed by atoms with Crippen LogP contribution in [-0.2, 0) is 11.3 Å². The molecule has 90 valence electrons. The van der Waals surface area contributed by atoms with Crippen LogP contribution in [0.15, 0.2) is 18.2 Å². The Morgan fingerprint density at radius 2 is 2.12 bits per heavy atom. The van der Waals surface area contributed by atoms with Crippen LogP contribution in [0.25, 0.3) is 0 Å². The Labute approximate surface area is 95.6 Å². The van der Waals surface area contributed by atoms with Gasteiger partial charge in [-0.15, -0.1) is 0 Å². The Morgan fingerprint density at radius 3 is 2.81 bits per heavy atom. The second-order valence-corrected chi connectivity index (χ2v) is 3.48. The summed E-state index contributed by atoms with van der Waals surface area (Å²) in [5.41, 5.74) is 0.833. The molecule has 1 aromatic rings. The van der Waals surface area contributed by atoms with Crippen molar-refractivity contribution in [3.8, 4) is 5.75 Å². The van der Waals surface area contributed by atoms with E-state index in [4.69, 9.17) is 9.47 Å². The lowest BCUT2D eigenvalue weighted by Crippen LogP contribution is -2.09. The van der Waals surface area contributed by atoms with E-state index in [9.17, 15) is 4.39 Å². The third kappa shape index (κ3) is 4.16. The normalized spacial score (nSPS) is 10.4. The van der Waals surface area contributed by atoms with Gasteiger partial charge in [0.2, 0.25) is 0 Å². The fourth-order valence-corrected chi connectivity index (χ4v) is 1.40. The average Bonchev–Trinajstić information content (AvgIpc) is 2.27. The summed E-state index contributed by atoms with van der Waals surface area (Å²) in [6.45, 7) is 1.84. The Hall–Kier alpha value is -1.13. The summed E-state index contributed by atoms with van der Waals surface area (Å²) >= 11 is 0. The zero-order valence-corrected chi connectivity index (χ0v) is 9.75. The topological polar surface area (TPSA) is 30.5 Å². The first kappa shape index (κ1) is 12.9. The summed E-state index contributed by atoms with van der Waals surface area (Å²) in [6, 6.07) is 4.56. The van der Waals surface area contributed by atoms with Crippen LogP contribution >= 0.6 is 0 Å². The van der Waals surface area contributed by atoms with E-state index in [-0.39, 0.29) is 5.82 Å². The molecule has 0 saturated carbocycles. The van der Waals surface area contributed by atoms with Crippen molar-refractivity contribution in [3.63, 3.8) is 0 Å². The minimum absolute atomic E-state index is 0.241. The van der Waals surface area contributed by atoms with Crippen molar-refractivity contribution in [1.29, 1.82) is 0 Å². The predicted molar refractivity (Wildman–Crippen MR) is 61.2 cm³/mol. The average molecular weight is 227 g/mol. The smallest absolute Gasteiger partial charge is 0.123 e. The van der Waals surface area contributed by atoms with Crippen molar-refractivity contribution in [2.45, 2.75) is 13.0 Å². The number of hydrogen-bond donors (Lipinski definition) is 1. The van der Waals surface area contributed by atoms with E-state index in [0.29, 0.717) is 19.8 Å². The van der Waals surface area contributed by atoms with Crippen LogP contribution in [0.2, 0.25) is 0 Å². The molecule has 0 fully saturated rings. The molecule has 1 rings (SSSR count). The van der Waals surface area contributed by atoms with Gasteiger partial charge in [0.15, 0.2) is 0 Å². The van der Waals surface area contributed by atoms with E-state index in [2.05, 4.69) is 5.32 Å². The predicted octanol–water partition coefficient (Wildman–Crippen LogP) is 1.96. The molecular weight excluding hydrogens is 209 g/mol. The van der Waals surface area contributed by atoms with Crippen LogP contribution in [0.5, 0.6) is 5.75 Å². The molecule has 0 amide bonds. The molecule has 0 heterocycles. The van der Waals surface area contributed by atoms with E-state index in [1.54, 1.807) is 13.2 Å². The molecule has 16 heavy (non-hydrogen) atoms. The first-order valence-electron chi connectivity index (χ1n) is 5.32. The highest BCUT2D eigenvalue weighted by Gasteiger charge is 2.04. The summed E-state index contributed by atoms with van der Waals surface area (Å²) in [6.07, 6.45) is 0.826. The van der Waals surface area contributed by atoms with Crippen molar-refractivity contribution in [2.75, 3.05) is 27.4 Å². The summed E-state index contributed by atoms with van der Waals surface area (Å²) in [7, 11) is 3.48. The molecule has 0 bridgehead atoms. The minimum Gasteiger partial charge on any atom is -0.493 e. The molecule has 0 aliphatic heterocycles. The molecule has 3 nitrogen and oxygen atoms in total. The molecule has 0 aromatic heterocycles. The van der Waals surface area contributed by atoms with E-state index in [1.807, 2.05) is 7.05 Å². The molecular formula is C12H18FNO2. The Balaban J connectivity index is 2.56. The second-order valence-electron chi connectivity index (χ2n) is 3.48. The van der Waals surface area contributed by atoms with E-state index in [0.717, 1.165) is 17.7 Å². The van der Waals surface area contributed by atoms with Gasteiger partial charge in [0.25, 0.3) is 0 Å². The van der Waals surface area contributed by atoms with Gasteiger partial charge in [0.1, 0.15) is 11.6 Å². The monoisotopic (exact) mass is 227 g/mol. The highest BCUT2D eigenvalue weighted by molar-refractivity contribution is 5.33. The Bertz CT molecular complexity index is 318. The quantitative estimate of drug-likeness (QED) is 0.722. The third-order valence-corrected chi connectivity index (χ3v) is 2.14. The van der Waals surface area contributed by atoms with Crippen molar-refractivity contribution >= 4 is 0 Å². The standard InChI is InChI=1S/C12H18FNO2/c1-14-9-10-8-11(13)4-5-12(10)16-7-3-6-15-2/h4-5,8,14H,3,6-7,9H2,1-2H3. The Morgan fingerprint density at radius 1 is 1.31 bits per heavy atom. The molecule has 0 spiro atoms. The SMILES string of the molecule is CNCc1cc(F)ccc1OCCCOC. The van der Waals surface area contributed by atoms with Gasteiger partial charge >= 0.3 is 0 Å². The zero-order valence-electron chi connectivity index (χ0n) is 9.75. The number of ether oxygens (including phenoxy) is 2. The van der Waals surface area contributed by atoms with Crippen molar-refractivity contribution < 1.29 is 13.9 Å². The van der Waals surface area contributed by atoms with Crippen molar-refractivity contribution in [1.82, 2.24) is 5.32 Å². The highest BCUT2D eigenvalue weighted by Crippen LogP contribution is 2.19. The number of hydrogen-bond acceptors (Lipinski definition) is 3. The Kier molecular flexibility index (Phi) is 5.82. The van der Waals surface area contributed by atoms with Gasteiger partial charge in [-0.2, -0.15) is 0 Å². The van der Waals surface area contributed by atoms with Crippen molar-refractivity contribution in [3.05, 3.63) is 29.6 Å². The maximum atomic E-state index is 13.0.